The third-order valence-electron chi connectivity index (χ3n) is 2.81. The van der Waals surface area contributed by atoms with Crippen LogP contribution in [0.4, 0.5) is 0 Å². The zero-order chi connectivity index (χ0) is 12.9. The average Bonchev–Trinajstić information content (AvgIpc) is 3.07. The molecule has 0 aromatic heterocycles. The molecule has 0 aromatic carbocycles. The maximum Gasteiger partial charge on any atom is 0.223 e. The lowest BCUT2D eigenvalue weighted by Crippen LogP contribution is -2.39. The molecule has 1 aliphatic rings. The lowest BCUT2D eigenvalue weighted by Gasteiger charge is -2.13. The molecule has 1 fully saturated rings. The summed E-state index contributed by atoms with van der Waals surface area (Å²) in [5, 5.41) is 5.92. The lowest BCUT2D eigenvalue weighted by molar-refractivity contribution is -0.122. The van der Waals surface area contributed by atoms with Crippen molar-refractivity contribution >= 4 is 15.7 Å². The second kappa shape index (κ2) is 6.35. The van der Waals surface area contributed by atoms with Crippen LogP contribution < -0.4 is 10.6 Å². The minimum atomic E-state index is -2.93. The van der Waals surface area contributed by atoms with Crippen molar-refractivity contribution in [1.82, 2.24) is 10.6 Å². The highest BCUT2D eigenvalue weighted by molar-refractivity contribution is 7.91. The Morgan fingerprint density at radius 2 is 2.00 bits per heavy atom. The van der Waals surface area contributed by atoms with Gasteiger partial charge >= 0.3 is 0 Å². The fourth-order valence-corrected chi connectivity index (χ4v) is 2.67. The highest BCUT2D eigenvalue weighted by Crippen LogP contribution is 2.28. The normalized spacial score (nSPS) is 17.8. The smallest absolute Gasteiger partial charge is 0.223 e. The number of nitrogens with one attached hydrogen (secondary N) is 2. The largest absolute Gasteiger partial charge is 0.355 e. The number of rotatable bonds is 8. The van der Waals surface area contributed by atoms with E-state index < -0.39 is 9.84 Å². The van der Waals surface area contributed by atoms with Gasteiger partial charge in [0, 0.05) is 30.8 Å². The number of hydrogen-bond donors (Lipinski definition) is 2. The predicted molar refractivity (Wildman–Crippen MR) is 67.5 cm³/mol. The molecule has 1 aliphatic carbocycles. The monoisotopic (exact) mass is 262 g/mol. The second-order valence-electron chi connectivity index (χ2n) is 4.62. The van der Waals surface area contributed by atoms with Crippen LogP contribution in [0.1, 0.15) is 26.7 Å². The molecule has 0 bridgehead atoms. The van der Waals surface area contributed by atoms with Gasteiger partial charge in [-0.2, -0.15) is 0 Å². The Balaban J connectivity index is 2.07. The Labute approximate surface area is 103 Å². The minimum absolute atomic E-state index is 0.0715. The Bertz CT molecular complexity index is 350. The zero-order valence-corrected chi connectivity index (χ0v) is 11.3. The van der Waals surface area contributed by atoms with Gasteiger partial charge < -0.3 is 10.6 Å². The van der Waals surface area contributed by atoms with Crippen LogP contribution in [0.15, 0.2) is 0 Å². The predicted octanol–water partition coefficient (Wildman–Crippen LogP) is -0.0746. The Morgan fingerprint density at radius 1 is 1.35 bits per heavy atom. The van der Waals surface area contributed by atoms with E-state index in [0.29, 0.717) is 13.1 Å². The highest BCUT2D eigenvalue weighted by atomic mass is 32.2. The molecule has 17 heavy (non-hydrogen) atoms. The van der Waals surface area contributed by atoms with Crippen LogP contribution in [0, 0.1) is 5.92 Å². The Morgan fingerprint density at radius 3 is 2.53 bits per heavy atom. The molecule has 1 amide bonds. The van der Waals surface area contributed by atoms with Crippen molar-refractivity contribution in [2.24, 2.45) is 5.92 Å². The molecule has 100 valence electrons. The van der Waals surface area contributed by atoms with Crippen LogP contribution in [-0.2, 0) is 14.6 Å². The topological polar surface area (TPSA) is 75.3 Å². The first-order valence-electron chi connectivity index (χ1n) is 6.16. The summed E-state index contributed by atoms with van der Waals surface area (Å²) in [5.41, 5.74) is 0. The molecular weight excluding hydrogens is 240 g/mol. The van der Waals surface area contributed by atoms with Gasteiger partial charge in [-0.05, 0) is 19.8 Å². The van der Waals surface area contributed by atoms with E-state index in [2.05, 4.69) is 10.6 Å². The van der Waals surface area contributed by atoms with E-state index in [1.807, 2.05) is 6.92 Å². The van der Waals surface area contributed by atoms with E-state index in [0.717, 1.165) is 12.8 Å². The number of hydrogen-bond acceptors (Lipinski definition) is 4. The third kappa shape index (κ3) is 6.02. The SMILES string of the molecule is CCS(=O)(=O)CC(C)NCCNC(=O)C1CC1. The molecule has 0 radical (unpaired) electrons. The van der Waals surface area contributed by atoms with Crippen molar-refractivity contribution < 1.29 is 13.2 Å². The number of sulfone groups is 1. The first-order chi connectivity index (χ1) is 7.94. The summed E-state index contributed by atoms with van der Waals surface area (Å²) in [7, 11) is -2.93. The van der Waals surface area contributed by atoms with Crippen molar-refractivity contribution in [1.29, 1.82) is 0 Å². The molecular formula is C11H22N2O3S. The molecule has 0 saturated heterocycles. The summed E-state index contributed by atoms with van der Waals surface area (Å²) in [6.45, 7) is 4.67. The van der Waals surface area contributed by atoms with Crippen LogP contribution in [0.5, 0.6) is 0 Å². The van der Waals surface area contributed by atoms with Gasteiger partial charge in [-0.3, -0.25) is 4.79 Å². The van der Waals surface area contributed by atoms with Crippen LogP contribution in [0.3, 0.4) is 0 Å². The van der Waals surface area contributed by atoms with Crippen LogP contribution >= 0.6 is 0 Å². The van der Waals surface area contributed by atoms with E-state index in [1.165, 1.54) is 0 Å². The molecule has 1 atom stereocenters. The van der Waals surface area contributed by atoms with Crippen molar-refractivity contribution in [2.45, 2.75) is 32.7 Å². The van der Waals surface area contributed by atoms with Crippen molar-refractivity contribution in [2.75, 3.05) is 24.6 Å². The van der Waals surface area contributed by atoms with E-state index in [-0.39, 0.29) is 29.4 Å². The van der Waals surface area contributed by atoms with E-state index in [9.17, 15) is 13.2 Å². The Kier molecular flexibility index (Phi) is 5.39. The van der Waals surface area contributed by atoms with Gasteiger partial charge in [0.1, 0.15) is 0 Å². The lowest BCUT2D eigenvalue weighted by atomic mass is 10.3. The summed E-state index contributed by atoms with van der Waals surface area (Å²) in [4.78, 5) is 11.3. The molecule has 1 saturated carbocycles. The maximum absolute atomic E-state index is 11.3. The van der Waals surface area contributed by atoms with E-state index >= 15 is 0 Å². The molecule has 1 rings (SSSR count). The maximum atomic E-state index is 11.3. The minimum Gasteiger partial charge on any atom is -0.355 e. The second-order valence-corrected chi connectivity index (χ2v) is 7.02. The summed E-state index contributed by atoms with van der Waals surface area (Å²) in [6.07, 6.45) is 2.01. The molecule has 2 N–H and O–H groups in total. The summed E-state index contributed by atoms with van der Waals surface area (Å²) in [6, 6.07) is -0.0715. The average molecular weight is 262 g/mol. The molecule has 0 spiro atoms. The summed E-state index contributed by atoms with van der Waals surface area (Å²) >= 11 is 0. The molecule has 5 nitrogen and oxygen atoms in total. The quantitative estimate of drug-likeness (QED) is 0.600. The first kappa shape index (κ1) is 14.4. The number of carbonyl (C=O) groups is 1. The van der Waals surface area contributed by atoms with Crippen molar-refractivity contribution in [3.63, 3.8) is 0 Å². The van der Waals surface area contributed by atoms with Crippen LogP contribution in [0.25, 0.3) is 0 Å². The van der Waals surface area contributed by atoms with Gasteiger partial charge in [0.25, 0.3) is 0 Å². The molecule has 0 aliphatic heterocycles. The highest BCUT2D eigenvalue weighted by Gasteiger charge is 2.28. The van der Waals surface area contributed by atoms with Crippen LogP contribution in [0.2, 0.25) is 0 Å². The summed E-state index contributed by atoms with van der Waals surface area (Å²) < 4.78 is 22.7. The number of carbonyl (C=O) groups excluding carboxylic acids is 1. The molecule has 0 aromatic rings. The summed E-state index contributed by atoms with van der Waals surface area (Å²) in [5.74, 6) is 0.686. The Hall–Kier alpha value is -0.620. The molecule has 1 unspecified atom stereocenters. The zero-order valence-electron chi connectivity index (χ0n) is 10.5. The van der Waals surface area contributed by atoms with Gasteiger partial charge in [-0.25, -0.2) is 8.42 Å². The van der Waals surface area contributed by atoms with Gasteiger partial charge in [0.2, 0.25) is 5.91 Å². The first-order valence-corrected chi connectivity index (χ1v) is 7.98. The fourth-order valence-electron chi connectivity index (χ4n) is 1.55. The molecule has 6 heteroatoms. The van der Waals surface area contributed by atoms with Gasteiger partial charge in [-0.15, -0.1) is 0 Å². The van der Waals surface area contributed by atoms with Gasteiger partial charge in [0.05, 0.1) is 5.75 Å². The molecule has 0 heterocycles. The van der Waals surface area contributed by atoms with Crippen LogP contribution in [-0.4, -0.2) is 45.0 Å². The van der Waals surface area contributed by atoms with Crippen molar-refractivity contribution in [3.05, 3.63) is 0 Å². The van der Waals surface area contributed by atoms with Crippen molar-refractivity contribution in [3.8, 4) is 0 Å². The fraction of sp³-hybridized carbons (Fsp3) is 0.909. The number of amides is 1. The standard InChI is InChI=1S/C11H22N2O3S/c1-3-17(15,16)8-9(2)12-6-7-13-11(14)10-4-5-10/h9-10,12H,3-8H2,1-2H3,(H,13,14). The third-order valence-corrected chi connectivity index (χ3v) is 4.70. The van der Waals surface area contributed by atoms with Gasteiger partial charge in [-0.1, -0.05) is 6.92 Å². The van der Waals surface area contributed by atoms with E-state index in [1.54, 1.807) is 6.92 Å². The van der Waals surface area contributed by atoms with Gasteiger partial charge in [0.15, 0.2) is 9.84 Å². The van der Waals surface area contributed by atoms with E-state index in [4.69, 9.17) is 0 Å².